The summed E-state index contributed by atoms with van der Waals surface area (Å²) in [5.74, 6) is 0.529. The van der Waals surface area contributed by atoms with Crippen LogP contribution in [0.2, 0.25) is 0 Å². The minimum Gasteiger partial charge on any atom is -0.497 e. The van der Waals surface area contributed by atoms with Gasteiger partial charge in [0.2, 0.25) is 0 Å². The number of nitrogens with zero attached hydrogens (tertiary/aromatic N) is 2. The van der Waals surface area contributed by atoms with E-state index >= 15 is 0 Å². The lowest BCUT2D eigenvalue weighted by Crippen LogP contribution is -2.55. The molecule has 11 heteroatoms. The lowest BCUT2D eigenvalue weighted by Gasteiger charge is -2.42. The third kappa shape index (κ3) is 8.48. The molecule has 0 radical (unpaired) electrons. The van der Waals surface area contributed by atoms with Gasteiger partial charge in [0.05, 0.1) is 38.8 Å². The van der Waals surface area contributed by atoms with Gasteiger partial charge in [0.25, 0.3) is 0 Å². The lowest BCUT2D eigenvalue weighted by atomic mass is 9.96. The molecule has 1 amide bonds. The van der Waals surface area contributed by atoms with Crippen LogP contribution in [0.5, 0.6) is 5.75 Å². The van der Waals surface area contributed by atoms with Crippen molar-refractivity contribution in [2.24, 2.45) is 11.8 Å². The number of rotatable bonds is 8. The number of carbonyl (C=O) groups is 3. The summed E-state index contributed by atoms with van der Waals surface area (Å²) in [6, 6.07) is 6.79. The van der Waals surface area contributed by atoms with Crippen LogP contribution in [0.25, 0.3) is 0 Å². The highest BCUT2D eigenvalue weighted by Gasteiger charge is 2.51. The number of esters is 1. The first-order valence-corrected chi connectivity index (χ1v) is 14.2. The second-order valence-electron chi connectivity index (χ2n) is 13.1. The van der Waals surface area contributed by atoms with Gasteiger partial charge in [0.1, 0.15) is 17.0 Å². The van der Waals surface area contributed by atoms with Gasteiger partial charge < -0.3 is 33.3 Å². The molecule has 0 aromatic heterocycles. The number of ether oxygens (including phenoxy) is 6. The van der Waals surface area contributed by atoms with Gasteiger partial charge in [-0.05, 0) is 65.7 Å². The maximum atomic E-state index is 13.4. The SMILES string of the molecule is COc1ccc(C[C@@H]2[C@H](OC(=O)C3CN(CC4COC4)C3)[C@@H](OC(=O)OC(C)(C)C)CN2C(=O)OC(C)(C)C)cc1. The molecule has 0 bridgehead atoms. The number of benzene rings is 1. The van der Waals surface area contributed by atoms with E-state index in [9.17, 15) is 14.4 Å². The second kappa shape index (κ2) is 12.4. The molecule has 3 heterocycles. The summed E-state index contributed by atoms with van der Waals surface area (Å²) in [7, 11) is 1.59. The summed E-state index contributed by atoms with van der Waals surface area (Å²) in [6.45, 7) is 14.1. The Labute approximate surface area is 242 Å². The highest BCUT2D eigenvalue weighted by atomic mass is 16.7. The zero-order valence-corrected chi connectivity index (χ0v) is 25.2. The largest absolute Gasteiger partial charge is 0.509 e. The predicted molar refractivity (Wildman–Crippen MR) is 149 cm³/mol. The summed E-state index contributed by atoms with van der Waals surface area (Å²) in [5, 5.41) is 0. The van der Waals surface area contributed by atoms with E-state index in [1.165, 1.54) is 4.90 Å². The molecule has 3 fully saturated rings. The Balaban J connectivity index is 1.55. The van der Waals surface area contributed by atoms with Gasteiger partial charge in [-0.3, -0.25) is 9.69 Å². The minimum absolute atomic E-state index is 0.00854. The first kappa shape index (κ1) is 30.9. The molecule has 0 N–H and O–H groups in total. The van der Waals surface area contributed by atoms with Gasteiger partial charge >= 0.3 is 18.2 Å². The summed E-state index contributed by atoms with van der Waals surface area (Å²) < 4.78 is 33.4. The Hall–Kier alpha value is -3.05. The van der Waals surface area contributed by atoms with Gasteiger partial charge in [0.15, 0.2) is 12.2 Å². The zero-order chi connectivity index (χ0) is 29.9. The minimum atomic E-state index is -0.937. The number of methoxy groups -OCH3 is 1. The van der Waals surface area contributed by atoms with E-state index in [4.69, 9.17) is 28.4 Å². The van der Waals surface area contributed by atoms with E-state index in [1.807, 2.05) is 24.3 Å². The van der Waals surface area contributed by atoms with Crippen molar-refractivity contribution in [3.8, 4) is 5.75 Å². The molecular formula is C30H44N2O9. The van der Waals surface area contributed by atoms with E-state index in [0.29, 0.717) is 31.2 Å². The van der Waals surface area contributed by atoms with Crippen LogP contribution in [0, 0.1) is 11.8 Å². The third-order valence-electron chi connectivity index (χ3n) is 7.16. The van der Waals surface area contributed by atoms with Crippen LogP contribution in [0.3, 0.4) is 0 Å². The van der Waals surface area contributed by atoms with Crippen LogP contribution in [-0.2, 0) is 34.9 Å². The highest BCUT2D eigenvalue weighted by Crippen LogP contribution is 2.32. The maximum absolute atomic E-state index is 13.4. The molecular weight excluding hydrogens is 532 g/mol. The van der Waals surface area contributed by atoms with Crippen molar-refractivity contribution in [1.82, 2.24) is 9.80 Å². The van der Waals surface area contributed by atoms with Crippen LogP contribution >= 0.6 is 0 Å². The van der Waals surface area contributed by atoms with E-state index in [2.05, 4.69) is 4.90 Å². The molecule has 0 aliphatic carbocycles. The quantitative estimate of drug-likeness (QED) is 0.336. The van der Waals surface area contributed by atoms with E-state index in [1.54, 1.807) is 48.7 Å². The molecule has 0 saturated carbocycles. The first-order chi connectivity index (χ1) is 19.2. The molecule has 228 valence electrons. The molecule has 3 aliphatic rings. The normalized spacial score (nSPS) is 23.8. The number of likely N-dealkylation sites (tertiary alicyclic amines) is 2. The average Bonchev–Trinajstić information content (AvgIpc) is 3.11. The Morgan fingerprint density at radius 3 is 2.07 bits per heavy atom. The van der Waals surface area contributed by atoms with Gasteiger partial charge in [-0.15, -0.1) is 0 Å². The second-order valence-corrected chi connectivity index (χ2v) is 13.1. The Kier molecular flexibility index (Phi) is 9.38. The van der Waals surface area contributed by atoms with Crippen LogP contribution in [0.4, 0.5) is 9.59 Å². The third-order valence-corrected chi connectivity index (χ3v) is 7.16. The lowest BCUT2D eigenvalue weighted by molar-refractivity contribution is -0.167. The summed E-state index contributed by atoms with van der Waals surface area (Å²) in [4.78, 5) is 43.2. The van der Waals surface area contributed by atoms with Crippen molar-refractivity contribution in [1.29, 1.82) is 0 Å². The molecule has 0 unspecified atom stereocenters. The summed E-state index contributed by atoms with van der Waals surface area (Å²) in [5.41, 5.74) is -0.643. The molecule has 0 spiro atoms. The fourth-order valence-electron chi connectivity index (χ4n) is 5.13. The molecule has 4 rings (SSSR count). The first-order valence-electron chi connectivity index (χ1n) is 14.2. The van der Waals surface area contributed by atoms with Crippen LogP contribution in [-0.4, -0.2) is 104 Å². The Morgan fingerprint density at radius 1 is 0.902 bits per heavy atom. The number of amides is 1. The number of hydrogen-bond acceptors (Lipinski definition) is 10. The zero-order valence-electron chi connectivity index (χ0n) is 25.2. The van der Waals surface area contributed by atoms with E-state index in [0.717, 1.165) is 25.3 Å². The van der Waals surface area contributed by atoms with Gasteiger partial charge in [-0.1, -0.05) is 12.1 Å². The van der Waals surface area contributed by atoms with Gasteiger partial charge in [0, 0.05) is 25.6 Å². The Bertz CT molecular complexity index is 1070. The smallest absolute Gasteiger partial charge is 0.497 e. The van der Waals surface area contributed by atoms with Crippen molar-refractivity contribution in [2.45, 2.75) is 77.4 Å². The fraction of sp³-hybridized carbons (Fsp3) is 0.700. The van der Waals surface area contributed by atoms with E-state index < -0.39 is 41.7 Å². The van der Waals surface area contributed by atoms with Crippen molar-refractivity contribution in [3.63, 3.8) is 0 Å². The van der Waals surface area contributed by atoms with Crippen LogP contribution in [0.1, 0.15) is 47.1 Å². The Morgan fingerprint density at radius 2 is 1.54 bits per heavy atom. The van der Waals surface area contributed by atoms with Crippen molar-refractivity contribution >= 4 is 18.2 Å². The number of hydrogen-bond donors (Lipinski definition) is 0. The molecule has 1 aromatic rings. The van der Waals surface area contributed by atoms with Crippen molar-refractivity contribution in [2.75, 3.05) is 46.5 Å². The molecule has 3 saturated heterocycles. The summed E-state index contributed by atoms with van der Waals surface area (Å²) >= 11 is 0. The van der Waals surface area contributed by atoms with Crippen molar-refractivity contribution < 1.29 is 42.8 Å². The average molecular weight is 577 g/mol. The molecule has 3 atom stereocenters. The van der Waals surface area contributed by atoms with Gasteiger partial charge in [-0.2, -0.15) is 0 Å². The number of carbonyl (C=O) groups excluding carboxylic acids is 3. The highest BCUT2D eigenvalue weighted by molar-refractivity contribution is 5.75. The summed E-state index contributed by atoms with van der Waals surface area (Å²) in [6.07, 6.45) is -2.99. The standard InChI is InChI=1S/C30H44N2O9/c1-29(2,3)40-27(34)32-16-24(38-28(35)41-30(4,5)6)25(23(32)12-19-8-10-22(36-7)11-9-19)39-26(33)21-14-31(15-21)13-20-17-37-18-20/h8-11,20-21,23-25H,12-18H2,1-7H3/t23-,24+,25+/m1/s1. The van der Waals surface area contributed by atoms with Crippen molar-refractivity contribution in [3.05, 3.63) is 29.8 Å². The maximum Gasteiger partial charge on any atom is 0.509 e. The molecule has 11 nitrogen and oxygen atoms in total. The topological polar surface area (TPSA) is 113 Å². The predicted octanol–water partition coefficient (Wildman–Crippen LogP) is 3.67. The molecule has 1 aromatic carbocycles. The molecule has 41 heavy (non-hydrogen) atoms. The van der Waals surface area contributed by atoms with E-state index in [-0.39, 0.29) is 18.4 Å². The fourth-order valence-corrected chi connectivity index (χ4v) is 5.13. The van der Waals surface area contributed by atoms with Crippen LogP contribution < -0.4 is 4.74 Å². The van der Waals surface area contributed by atoms with Crippen LogP contribution in [0.15, 0.2) is 24.3 Å². The van der Waals surface area contributed by atoms with Gasteiger partial charge in [-0.25, -0.2) is 9.59 Å². The molecule has 3 aliphatic heterocycles. The monoisotopic (exact) mass is 576 g/mol.